The topological polar surface area (TPSA) is 32.3 Å². The van der Waals surface area contributed by atoms with Gasteiger partial charge in [0.25, 0.3) is 0 Å². The molecular formula is C15H27NO. The molecule has 1 aliphatic heterocycles. The molecule has 0 amide bonds. The quantitative estimate of drug-likeness (QED) is 0.773. The van der Waals surface area contributed by atoms with E-state index in [0.29, 0.717) is 5.41 Å². The van der Waals surface area contributed by atoms with Crippen molar-refractivity contribution in [1.29, 1.82) is 0 Å². The first-order chi connectivity index (χ1) is 8.01. The Bertz CT molecular complexity index is 291. The number of aliphatic hydroxyl groups is 1. The molecule has 0 spiro atoms. The Kier molecular flexibility index (Phi) is 2.79. The number of fused-ring (bicyclic) bond motifs is 2. The molecule has 3 saturated carbocycles. The van der Waals surface area contributed by atoms with Crippen molar-refractivity contribution in [2.75, 3.05) is 13.1 Å². The Hall–Kier alpha value is -0.0800. The highest BCUT2D eigenvalue weighted by Crippen LogP contribution is 2.62. The first kappa shape index (κ1) is 12.0. The molecular weight excluding hydrogens is 210 g/mol. The summed E-state index contributed by atoms with van der Waals surface area (Å²) in [6, 6.07) is 0. The predicted molar refractivity (Wildman–Crippen MR) is 69.8 cm³/mol. The lowest BCUT2D eigenvalue weighted by atomic mass is 9.44. The molecule has 2 N–H and O–H groups in total. The van der Waals surface area contributed by atoms with E-state index >= 15 is 0 Å². The second-order valence-electron chi connectivity index (χ2n) is 7.38. The largest absolute Gasteiger partial charge is 0.390 e. The van der Waals surface area contributed by atoms with Crippen LogP contribution < -0.4 is 5.32 Å². The third kappa shape index (κ3) is 1.94. The van der Waals surface area contributed by atoms with Crippen LogP contribution >= 0.6 is 0 Å². The molecule has 98 valence electrons. The molecule has 0 aromatic rings. The summed E-state index contributed by atoms with van der Waals surface area (Å²) in [6.07, 6.45) is 7.19. The lowest BCUT2D eigenvalue weighted by molar-refractivity contribution is -0.130. The van der Waals surface area contributed by atoms with Crippen molar-refractivity contribution < 1.29 is 5.11 Å². The van der Waals surface area contributed by atoms with Gasteiger partial charge in [0.15, 0.2) is 0 Å². The number of nitrogens with one attached hydrogen (secondary N) is 1. The summed E-state index contributed by atoms with van der Waals surface area (Å²) in [7, 11) is 0. The fourth-order valence-corrected chi connectivity index (χ4v) is 4.79. The Morgan fingerprint density at radius 2 is 1.88 bits per heavy atom. The van der Waals surface area contributed by atoms with E-state index in [1.165, 1.54) is 19.3 Å². The van der Waals surface area contributed by atoms with E-state index in [2.05, 4.69) is 19.2 Å². The highest BCUT2D eigenvalue weighted by Gasteiger charge is 2.55. The highest BCUT2D eigenvalue weighted by atomic mass is 16.3. The Morgan fingerprint density at radius 1 is 1.18 bits per heavy atom. The maximum absolute atomic E-state index is 10.7. The second kappa shape index (κ2) is 3.96. The summed E-state index contributed by atoms with van der Waals surface area (Å²) >= 11 is 0. The molecule has 4 fully saturated rings. The molecule has 2 bridgehead atoms. The summed E-state index contributed by atoms with van der Waals surface area (Å²) < 4.78 is 0. The average molecular weight is 237 g/mol. The Labute approximate surface area is 105 Å². The van der Waals surface area contributed by atoms with Gasteiger partial charge in [0.1, 0.15) is 0 Å². The van der Waals surface area contributed by atoms with Crippen LogP contribution in [0.3, 0.4) is 0 Å². The molecule has 0 aromatic carbocycles. The molecule has 4 aliphatic rings. The lowest BCUT2D eigenvalue weighted by Crippen LogP contribution is -2.54. The van der Waals surface area contributed by atoms with Crippen LogP contribution in [0.4, 0.5) is 0 Å². The zero-order valence-corrected chi connectivity index (χ0v) is 11.3. The van der Waals surface area contributed by atoms with E-state index in [4.69, 9.17) is 0 Å². The van der Waals surface area contributed by atoms with E-state index in [-0.39, 0.29) is 5.60 Å². The minimum absolute atomic E-state index is 0.353. The van der Waals surface area contributed by atoms with Crippen LogP contribution in [0, 0.1) is 23.2 Å². The minimum Gasteiger partial charge on any atom is -0.390 e. The Morgan fingerprint density at radius 3 is 2.47 bits per heavy atom. The number of rotatable bonds is 2. The predicted octanol–water partition coefficient (Wildman–Crippen LogP) is 2.56. The second-order valence-corrected chi connectivity index (χ2v) is 7.38. The fraction of sp³-hybridized carbons (Fsp3) is 1.00. The van der Waals surface area contributed by atoms with Crippen molar-refractivity contribution in [3.63, 3.8) is 0 Å². The van der Waals surface area contributed by atoms with Crippen LogP contribution in [0.25, 0.3) is 0 Å². The summed E-state index contributed by atoms with van der Waals surface area (Å²) in [5.74, 6) is 2.66. The van der Waals surface area contributed by atoms with Gasteiger partial charge >= 0.3 is 0 Å². The molecule has 2 nitrogen and oxygen atoms in total. The van der Waals surface area contributed by atoms with Gasteiger partial charge in [-0.15, -0.1) is 0 Å². The zero-order valence-electron chi connectivity index (χ0n) is 11.3. The maximum Gasteiger partial charge on any atom is 0.0674 e. The van der Waals surface area contributed by atoms with E-state index in [9.17, 15) is 5.11 Å². The normalized spacial score (nSPS) is 42.9. The molecule has 3 aliphatic carbocycles. The van der Waals surface area contributed by atoms with Crippen LogP contribution in [0.2, 0.25) is 0 Å². The van der Waals surface area contributed by atoms with Crippen LogP contribution in [-0.2, 0) is 0 Å². The third-order valence-corrected chi connectivity index (χ3v) is 6.18. The monoisotopic (exact) mass is 237 g/mol. The number of hydrogen-bond donors (Lipinski definition) is 2. The average Bonchev–Trinajstić information content (AvgIpc) is 2.29. The van der Waals surface area contributed by atoms with E-state index < -0.39 is 0 Å². The first-order valence-corrected chi connectivity index (χ1v) is 7.44. The molecule has 4 rings (SSSR count). The van der Waals surface area contributed by atoms with Crippen molar-refractivity contribution in [3.8, 4) is 0 Å². The smallest absolute Gasteiger partial charge is 0.0674 e. The SMILES string of the molecule is CC1(C)C2CCC(CC3(O)CCNCC3)C1C2. The fourth-order valence-electron chi connectivity index (χ4n) is 4.79. The molecule has 1 heterocycles. The van der Waals surface area contributed by atoms with Crippen LogP contribution in [-0.4, -0.2) is 23.8 Å². The molecule has 0 aromatic heterocycles. The van der Waals surface area contributed by atoms with Crippen molar-refractivity contribution >= 4 is 0 Å². The van der Waals surface area contributed by atoms with E-state index in [0.717, 1.165) is 50.1 Å². The van der Waals surface area contributed by atoms with E-state index in [1.807, 2.05) is 0 Å². The molecule has 3 atom stereocenters. The van der Waals surface area contributed by atoms with Crippen molar-refractivity contribution in [1.82, 2.24) is 5.32 Å². The summed E-state index contributed by atoms with van der Waals surface area (Å²) in [5.41, 5.74) is 0.209. The maximum atomic E-state index is 10.7. The van der Waals surface area contributed by atoms with Gasteiger partial charge < -0.3 is 10.4 Å². The van der Waals surface area contributed by atoms with Gasteiger partial charge in [-0.1, -0.05) is 13.8 Å². The Balaban J connectivity index is 1.65. The van der Waals surface area contributed by atoms with Gasteiger partial charge in [-0.05, 0) is 74.8 Å². The first-order valence-electron chi connectivity index (χ1n) is 7.44. The molecule has 17 heavy (non-hydrogen) atoms. The van der Waals surface area contributed by atoms with Crippen LogP contribution in [0.15, 0.2) is 0 Å². The van der Waals surface area contributed by atoms with Crippen molar-refractivity contribution in [2.45, 2.75) is 58.0 Å². The number of hydrogen-bond acceptors (Lipinski definition) is 2. The zero-order chi connectivity index (χ0) is 12.1. The van der Waals surface area contributed by atoms with Gasteiger partial charge in [-0.2, -0.15) is 0 Å². The molecule has 0 radical (unpaired) electrons. The molecule has 2 heteroatoms. The number of piperidine rings is 1. The van der Waals surface area contributed by atoms with Crippen molar-refractivity contribution in [3.05, 3.63) is 0 Å². The minimum atomic E-state index is -0.353. The highest BCUT2D eigenvalue weighted by molar-refractivity contribution is 5.04. The van der Waals surface area contributed by atoms with Gasteiger partial charge in [-0.3, -0.25) is 0 Å². The van der Waals surface area contributed by atoms with Crippen LogP contribution in [0.1, 0.15) is 52.4 Å². The van der Waals surface area contributed by atoms with Crippen LogP contribution in [0.5, 0.6) is 0 Å². The molecule has 3 unspecified atom stereocenters. The third-order valence-electron chi connectivity index (χ3n) is 6.18. The summed E-state index contributed by atoms with van der Waals surface area (Å²) in [5, 5.41) is 14.0. The van der Waals surface area contributed by atoms with Gasteiger partial charge in [0.2, 0.25) is 0 Å². The van der Waals surface area contributed by atoms with E-state index in [1.54, 1.807) is 0 Å². The lowest BCUT2D eigenvalue weighted by Gasteiger charge is -2.61. The standard InChI is InChI=1S/C15H27NO/c1-14(2)12-4-3-11(13(14)9-12)10-15(17)5-7-16-8-6-15/h11-13,16-17H,3-10H2,1-2H3. The van der Waals surface area contributed by atoms with Gasteiger partial charge in [0, 0.05) is 0 Å². The molecule has 1 saturated heterocycles. The summed E-state index contributed by atoms with van der Waals surface area (Å²) in [4.78, 5) is 0. The summed E-state index contributed by atoms with van der Waals surface area (Å²) in [6.45, 7) is 6.90. The van der Waals surface area contributed by atoms with Crippen molar-refractivity contribution in [2.24, 2.45) is 23.2 Å². The van der Waals surface area contributed by atoms with Gasteiger partial charge in [-0.25, -0.2) is 0 Å². The van der Waals surface area contributed by atoms with Gasteiger partial charge in [0.05, 0.1) is 5.60 Å².